The highest BCUT2D eigenvalue weighted by Gasteiger charge is 2.22. The summed E-state index contributed by atoms with van der Waals surface area (Å²) in [6, 6.07) is 4.17. The second kappa shape index (κ2) is 8.63. The minimum atomic E-state index is -0.753. The minimum absolute atomic E-state index is 0.336. The summed E-state index contributed by atoms with van der Waals surface area (Å²) in [5, 5.41) is 2.63. The molecule has 0 aliphatic rings. The number of nitrogens with one attached hydrogen (secondary N) is 1. The number of hydrogen-bond acceptors (Lipinski definition) is 5. The Morgan fingerprint density at radius 2 is 2.00 bits per heavy atom. The van der Waals surface area contributed by atoms with Gasteiger partial charge in [0.25, 0.3) is 5.91 Å². The van der Waals surface area contributed by atoms with Gasteiger partial charge in [0.1, 0.15) is 11.8 Å². The molecule has 0 saturated carbocycles. The van der Waals surface area contributed by atoms with Crippen molar-refractivity contribution in [3.8, 4) is 5.75 Å². The third kappa shape index (κ3) is 5.02. The van der Waals surface area contributed by atoms with E-state index in [0.717, 1.165) is 4.47 Å². The maximum atomic E-state index is 12.2. The highest BCUT2D eigenvalue weighted by atomic mass is 79.9. The molecule has 1 atom stereocenters. The summed E-state index contributed by atoms with van der Waals surface area (Å²) in [6.45, 7) is 0.337. The average Bonchev–Trinajstić information content (AvgIpc) is 2.50. The third-order valence-corrected chi connectivity index (χ3v) is 3.47. The van der Waals surface area contributed by atoms with Crippen LogP contribution in [0, 0.1) is 0 Å². The van der Waals surface area contributed by atoms with E-state index in [9.17, 15) is 9.59 Å². The van der Waals surface area contributed by atoms with Crippen LogP contribution in [0.2, 0.25) is 0 Å². The van der Waals surface area contributed by atoms with Crippen LogP contribution in [0.4, 0.5) is 0 Å². The van der Waals surface area contributed by atoms with Gasteiger partial charge in [0.2, 0.25) is 0 Å². The molecule has 0 aliphatic carbocycles. The first-order chi connectivity index (χ1) is 10.0. The third-order valence-electron chi connectivity index (χ3n) is 2.81. The van der Waals surface area contributed by atoms with Gasteiger partial charge in [-0.1, -0.05) is 0 Å². The van der Waals surface area contributed by atoms with Gasteiger partial charge in [0, 0.05) is 25.7 Å². The summed E-state index contributed by atoms with van der Waals surface area (Å²) in [5.74, 6) is -0.356. The monoisotopic (exact) mass is 359 g/mol. The molecule has 0 bridgehead atoms. The van der Waals surface area contributed by atoms with Crippen LogP contribution in [-0.4, -0.2) is 45.9 Å². The molecule has 0 aromatic heterocycles. The Hall–Kier alpha value is -1.60. The fourth-order valence-electron chi connectivity index (χ4n) is 1.67. The smallest absolute Gasteiger partial charge is 0.328 e. The van der Waals surface area contributed by atoms with Gasteiger partial charge in [-0.05, 0) is 34.1 Å². The van der Waals surface area contributed by atoms with Crippen molar-refractivity contribution in [2.45, 2.75) is 12.5 Å². The predicted octanol–water partition coefficient (Wildman–Crippen LogP) is 1.77. The molecule has 1 aromatic carbocycles. The molecule has 0 unspecified atom stereocenters. The molecule has 7 heteroatoms. The maximum absolute atomic E-state index is 12.2. The number of methoxy groups -OCH3 is 3. The summed E-state index contributed by atoms with van der Waals surface area (Å²) < 4.78 is 15.5. The molecule has 6 nitrogen and oxygen atoms in total. The van der Waals surface area contributed by atoms with E-state index in [1.54, 1.807) is 18.2 Å². The molecule has 0 radical (unpaired) electrons. The Morgan fingerprint density at radius 1 is 1.29 bits per heavy atom. The SMILES string of the molecule is COCC[C@H](NC(=O)c1ccc(Br)c(OC)c1)C(=O)OC. The van der Waals surface area contributed by atoms with Gasteiger partial charge in [-0.15, -0.1) is 0 Å². The number of carbonyl (C=O) groups excluding carboxylic acids is 2. The van der Waals surface area contributed by atoms with Gasteiger partial charge in [-0.25, -0.2) is 4.79 Å². The zero-order valence-electron chi connectivity index (χ0n) is 12.1. The van der Waals surface area contributed by atoms with E-state index in [0.29, 0.717) is 24.3 Å². The number of amides is 1. The fraction of sp³-hybridized carbons (Fsp3) is 0.429. The van der Waals surface area contributed by atoms with Crippen LogP contribution in [0.1, 0.15) is 16.8 Å². The molecule has 116 valence electrons. The van der Waals surface area contributed by atoms with Crippen molar-refractivity contribution in [1.29, 1.82) is 0 Å². The van der Waals surface area contributed by atoms with E-state index in [1.165, 1.54) is 21.3 Å². The summed E-state index contributed by atoms with van der Waals surface area (Å²) in [7, 11) is 4.31. The molecule has 1 rings (SSSR count). The van der Waals surface area contributed by atoms with E-state index >= 15 is 0 Å². The normalized spacial score (nSPS) is 11.6. The molecule has 21 heavy (non-hydrogen) atoms. The molecule has 0 fully saturated rings. The summed E-state index contributed by atoms with van der Waals surface area (Å²) in [5.41, 5.74) is 0.390. The van der Waals surface area contributed by atoms with Crippen molar-refractivity contribution in [1.82, 2.24) is 5.32 Å². The van der Waals surface area contributed by atoms with Gasteiger partial charge in [0.05, 0.1) is 18.7 Å². The van der Waals surface area contributed by atoms with E-state index in [-0.39, 0.29) is 5.91 Å². The maximum Gasteiger partial charge on any atom is 0.328 e. The zero-order chi connectivity index (χ0) is 15.8. The van der Waals surface area contributed by atoms with Crippen LogP contribution in [0.5, 0.6) is 5.75 Å². The first-order valence-corrected chi connectivity index (χ1v) is 7.04. The lowest BCUT2D eigenvalue weighted by atomic mass is 10.1. The molecule has 0 aliphatic heterocycles. The van der Waals surface area contributed by atoms with Crippen molar-refractivity contribution in [2.24, 2.45) is 0 Å². The first kappa shape index (κ1) is 17.5. The number of halogens is 1. The van der Waals surface area contributed by atoms with Crippen molar-refractivity contribution in [3.63, 3.8) is 0 Å². The molecular weight excluding hydrogens is 342 g/mol. The molecule has 0 spiro atoms. The predicted molar refractivity (Wildman–Crippen MR) is 80.5 cm³/mol. The van der Waals surface area contributed by atoms with Gasteiger partial charge >= 0.3 is 5.97 Å². The molecule has 1 amide bonds. The van der Waals surface area contributed by atoms with Crippen molar-refractivity contribution >= 4 is 27.8 Å². The Kier molecular flexibility index (Phi) is 7.18. The van der Waals surface area contributed by atoms with Crippen LogP contribution in [0.15, 0.2) is 22.7 Å². The van der Waals surface area contributed by atoms with Crippen LogP contribution in [0.3, 0.4) is 0 Å². The lowest BCUT2D eigenvalue weighted by molar-refractivity contribution is -0.143. The standard InChI is InChI=1S/C14H18BrNO5/c1-19-7-6-11(14(18)21-3)16-13(17)9-4-5-10(15)12(8-9)20-2/h4-5,8,11H,6-7H2,1-3H3,(H,16,17)/t11-/m0/s1. The largest absolute Gasteiger partial charge is 0.496 e. The second-order valence-electron chi connectivity index (χ2n) is 4.18. The minimum Gasteiger partial charge on any atom is -0.496 e. The van der Waals surface area contributed by atoms with E-state index in [4.69, 9.17) is 9.47 Å². The summed E-state index contributed by atoms with van der Waals surface area (Å²) >= 11 is 3.31. The quantitative estimate of drug-likeness (QED) is 0.751. The Morgan fingerprint density at radius 3 is 2.57 bits per heavy atom. The number of hydrogen-bond donors (Lipinski definition) is 1. The Bertz CT molecular complexity index is 506. The highest BCUT2D eigenvalue weighted by Crippen LogP contribution is 2.25. The summed E-state index contributed by atoms with van der Waals surface area (Å²) in [4.78, 5) is 23.8. The van der Waals surface area contributed by atoms with Crippen LogP contribution >= 0.6 is 15.9 Å². The number of benzene rings is 1. The molecule has 1 aromatic rings. The van der Waals surface area contributed by atoms with E-state index in [1.807, 2.05) is 0 Å². The van der Waals surface area contributed by atoms with Gasteiger partial charge in [-0.2, -0.15) is 0 Å². The Balaban J connectivity index is 2.83. The van der Waals surface area contributed by atoms with Gasteiger partial charge in [0.15, 0.2) is 0 Å². The molecule has 0 heterocycles. The van der Waals surface area contributed by atoms with E-state index in [2.05, 4.69) is 26.0 Å². The lowest BCUT2D eigenvalue weighted by Crippen LogP contribution is -2.42. The van der Waals surface area contributed by atoms with Gasteiger partial charge < -0.3 is 19.5 Å². The zero-order valence-corrected chi connectivity index (χ0v) is 13.7. The van der Waals surface area contributed by atoms with Crippen LogP contribution in [0.25, 0.3) is 0 Å². The number of rotatable bonds is 7. The van der Waals surface area contributed by atoms with Crippen molar-refractivity contribution < 1.29 is 23.8 Å². The fourth-order valence-corrected chi connectivity index (χ4v) is 2.08. The van der Waals surface area contributed by atoms with Gasteiger partial charge in [-0.3, -0.25) is 4.79 Å². The average molecular weight is 360 g/mol. The lowest BCUT2D eigenvalue weighted by Gasteiger charge is -2.16. The topological polar surface area (TPSA) is 73.9 Å². The van der Waals surface area contributed by atoms with E-state index < -0.39 is 12.0 Å². The van der Waals surface area contributed by atoms with Crippen molar-refractivity contribution in [3.05, 3.63) is 28.2 Å². The van der Waals surface area contributed by atoms with Crippen LogP contribution < -0.4 is 10.1 Å². The number of ether oxygens (including phenoxy) is 3. The summed E-state index contributed by atoms with van der Waals surface area (Å²) in [6.07, 6.45) is 0.336. The Labute approximate surface area is 131 Å². The number of carbonyl (C=O) groups is 2. The molecule has 0 saturated heterocycles. The number of esters is 1. The van der Waals surface area contributed by atoms with Crippen LogP contribution in [-0.2, 0) is 14.3 Å². The van der Waals surface area contributed by atoms with Crippen molar-refractivity contribution in [2.75, 3.05) is 27.9 Å². The highest BCUT2D eigenvalue weighted by molar-refractivity contribution is 9.10. The first-order valence-electron chi connectivity index (χ1n) is 6.24. The molecular formula is C14H18BrNO5. The molecule has 1 N–H and O–H groups in total. The second-order valence-corrected chi connectivity index (χ2v) is 5.03.